The van der Waals surface area contributed by atoms with Crippen LogP contribution in [0.4, 0.5) is 5.69 Å². The number of pyridine rings is 1. The van der Waals surface area contributed by atoms with Crippen LogP contribution in [0.2, 0.25) is 5.02 Å². The molecule has 0 spiro atoms. The zero-order valence-corrected chi connectivity index (χ0v) is 16.3. The summed E-state index contributed by atoms with van der Waals surface area (Å²) >= 11 is 6.30. The minimum absolute atomic E-state index is 0.0197. The van der Waals surface area contributed by atoms with Crippen molar-refractivity contribution in [1.29, 1.82) is 0 Å². The van der Waals surface area contributed by atoms with Gasteiger partial charge in [-0.15, -0.1) is 0 Å². The van der Waals surface area contributed by atoms with Crippen molar-refractivity contribution in [2.45, 2.75) is 26.7 Å². The Hall–Kier alpha value is -3.12. The summed E-state index contributed by atoms with van der Waals surface area (Å²) in [7, 11) is 0. The van der Waals surface area contributed by atoms with Crippen LogP contribution in [0, 0.1) is 0 Å². The molecule has 0 atom stereocenters. The van der Waals surface area contributed by atoms with Gasteiger partial charge >= 0.3 is 0 Å². The maximum atomic E-state index is 13.0. The fourth-order valence-electron chi connectivity index (χ4n) is 3.16. The number of benzene rings is 2. The molecule has 1 heterocycles. The van der Waals surface area contributed by atoms with Gasteiger partial charge in [-0.3, -0.25) is 9.59 Å². The molecule has 3 aromatic rings. The van der Waals surface area contributed by atoms with Gasteiger partial charge in [-0.2, -0.15) is 0 Å². The minimum atomic E-state index is -0.777. The summed E-state index contributed by atoms with van der Waals surface area (Å²) in [6.45, 7) is 3.93. The molecule has 1 aromatic heterocycles. The van der Waals surface area contributed by atoms with E-state index in [4.69, 9.17) is 17.3 Å². The Bertz CT molecular complexity index is 1100. The van der Waals surface area contributed by atoms with Gasteiger partial charge in [0.1, 0.15) is 11.4 Å². The van der Waals surface area contributed by atoms with E-state index in [1.54, 1.807) is 6.07 Å². The van der Waals surface area contributed by atoms with Gasteiger partial charge < -0.3 is 16.2 Å². The van der Waals surface area contributed by atoms with Crippen molar-refractivity contribution >= 4 is 40.0 Å². The molecule has 0 aliphatic carbocycles. The van der Waals surface area contributed by atoms with Crippen molar-refractivity contribution in [2.24, 2.45) is 5.73 Å². The molecule has 0 radical (unpaired) electrons. The second kappa shape index (κ2) is 7.86. The van der Waals surface area contributed by atoms with Gasteiger partial charge in [0.25, 0.3) is 11.8 Å². The second-order valence-corrected chi connectivity index (χ2v) is 6.75. The molecule has 2 aromatic carbocycles. The third-order valence-electron chi connectivity index (χ3n) is 4.59. The molecule has 0 saturated heterocycles. The summed E-state index contributed by atoms with van der Waals surface area (Å²) in [5.41, 5.74) is 8.22. The quantitative estimate of drug-likeness (QED) is 0.603. The third kappa shape index (κ3) is 3.64. The van der Waals surface area contributed by atoms with E-state index in [2.05, 4.69) is 10.3 Å². The van der Waals surface area contributed by atoms with E-state index in [9.17, 15) is 14.7 Å². The topological polar surface area (TPSA) is 105 Å². The molecule has 2 amide bonds. The second-order valence-electron chi connectivity index (χ2n) is 6.35. The molecule has 0 aliphatic rings. The molecule has 28 heavy (non-hydrogen) atoms. The average Bonchev–Trinajstić information content (AvgIpc) is 2.67. The minimum Gasteiger partial charge on any atom is -0.508 e. The first kappa shape index (κ1) is 19.6. The van der Waals surface area contributed by atoms with Crippen LogP contribution in [0.5, 0.6) is 5.75 Å². The molecule has 0 bridgehead atoms. The smallest absolute Gasteiger partial charge is 0.275 e. The summed E-state index contributed by atoms with van der Waals surface area (Å²) in [5.74, 6) is -1.29. The number of amides is 2. The fraction of sp³-hybridized carbons (Fsp3) is 0.190. The molecule has 0 fully saturated rings. The number of aromatic nitrogens is 1. The molecule has 0 saturated carbocycles. The van der Waals surface area contributed by atoms with Crippen molar-refractivity contribution in [3.05, 3.63) is 63.8 Å². The van der Waals surface area contributed by atoms with Gasteiger partial charge in [-0.1, -0.05) is 31.5 Å². The number of phenols is 1. The monoisotopic (exact) mass is 397 g/mol. The Morgan fingerprint density at radius 2 is 1.89 bits per heavy atom. The number of fused-ring (bicyclic) bond motifs is 1. The average molecular weight is 398 g/mol. The highest BCUT2D eigenvalue weighted by molar-refractivity contribution is 6.32. The largest absolute Gasteiger partial charge is 0.508 e. The van der Waals surface area contributed by atoms with Crippen molar-refractivity contribution in [1.82, 2.24) is 4.98 Å². The number of phenolic OH excluding ortho intramolecular Hbond substituents is 1. The first-order valence-corrected chi connectivity index (χ1v) is 9.28. The lowest BCUT2D eigenvalue weighted by Crippen LogP contribution is -2.23. The number of primary amides is 1. The van der Waals surface area contributed by atoms with Crippen LogP contribution < -0.4 is 11.1 Å². The van der Waals surface area contributed by atoms with Crippen LogP contribution >= 0.6 is 11.6 Å². The van der Waals surface area contributed by atoms with E-state index < -0.39 is 11.8 Å². The van der Waals surface area contributed by atoms with Crippen molar-refractivity contribution in [2.75, 3.05) is 5.32 Å². The number of hydrogen-bond acceptors (Lipinski definition) is 4. The lowest BCUT2D eigenvalue weighted by Gasteiger charge is -2.16. The zero-order valence-electron chi connectivity index (χ0n) is 15.5. The third-order valence-corrected chi connectivity index (χ3v) is 4.95. The number of carbonyl (C=O) groups excluding carboxylic acids is 2. The van der Waals surface area contributed by atoms with Crippen LogP contribution in [0.15, 0.2) is 36.4 Å². The van der Waals surface area contributed by atoms with Crippen LogP contribution in [-0.4, -0.2) is 21.9 Å². The number of aryl methyl sites for hydroxylation is 1. The van der Waals surface area contributed by atoms with Crippen molar-refractivity contribution < 1.29 is 14.7 Å². The number of hydrogen-bond donors (Lipinski definition) is 3. The number of aromatic hydroxyl groups is 1. The predicted octanol–water partition coefficient (Wildman–Crippen LogP) is 4.07. The SMILES string of the molecule is CCc1ccc(Cl)c(CC)c1NC(=O)c1nc2ccc(O)cc2cc1C(N)=O. The molecule has 0 unspecified atom stereocenters. The van der Waals surface area contributed by atoms with Crippen LogP contribution in [0.1, 0.15) is 45.8 Å². The molecule has 6 nitrogen and oxygen atoms in total. The van der Waals surface area contributed by atoms with Gasteiger partial charge in [-0.05, 0) is 54.3 Å². The number of nitrogens with one attached hydrogen (secondary N) is 1. The molecule has 7 heteroatoms. The summed E-state index contributed by atoms with van der Waals surface area (Å²) in [4.78, 5) is 29.3. The summed E-state index contributed by atoms with van der Waals surface area (Å²) in [6, 6.07) is 9.62. The number of nitrogens with two attached hydrogens (primary N) is 1. The standard InChI is InChI=1S/C21H20ClN3O3/c1-3-11-5-7-16(22)14(4-2)18(11)25-21(28)19-15(20(23)27)10-12-9-13(26)6-8-17(12)24-19/h5-10,26H,3-4H2,1-2H3,(H2,23,27)(H,25,28). The van der Waals surface area contributed by atoms with Crippen LogP contribution in [0.3, 0.4) is 0 Å². The van der Waals surface area contributed by atoms with E-state index in [0.717, 1.165) is 11.1 Å². The zero-order chi connectivity index (χ0) is 20.4. The first-order chi connectivity index (χ1) is 13.3. The van der Waals surface area contributed by atoms with Crippen LogP contribution in [-0.2, 0) is 12.8 Å². The molecule has 4 N–H and O–H groups in total. The number of halogens is 1. The normalized spacial score (nSPS) is 10.8. The molecule has 144 valence electrons. The highest BCUT2D eigenvalue weighted by Gasteiger charge is 2.21. The van der Waals surface area contributed by atoms with Gasteiger partial charge in [-0.25, -0.2) is 4.98 Å². The molecule has 0 aliphatic heterocycles. The maximum Gasteiger partial charge on any atom is 0.275 e. The van der Waals surface area contributed by atoms with Gasteiger partial charge in [0.05, 0.1) is 11.1 Å². The van der Waals surface area contributed by atoms with E-state index in [1.807, 2.05) is 26.0 Å². The predicted molar refractivity (Wildman–Crippen MR) is 110 cm³/mol. The number of rotatable bonds is 5. The van der Waals surface area contributed by atoms with Crippen molar-refractivity contribution in [3.8, 4) is 5.75 Å². The molecule has 3 rings (SSSR count). The molecular weight excluding hydrogens is 378 g/mol. The number of nitrogens with zero attached hydrogens (tertiary/aromatic N) is 1. The Labute approximate surface area is 167 Å². The number of carbonyl (C=O) groups is 2. The summed E-state index contributed by atoms with van der Waals surface area (Å²) < 4.78 is 0. The maximum absolute atomic E-state index is 13.0. The Balaban J connectivity index is 2.12. The highest BCUT2D eigenvalue weighted by atomic mass is 35.5. The Morgan fingerprint density at radius 3 is 2.54 bits per heavy atom. The summed E-state index contributed by atoms with van der Waals surface area (Å²) in [6.07, 6.45) is 1.34. The highest BCUT2D eigenvalue weighted by Crippen LogP contribution is 2.30. The number of anilines is 1. The van der Waals surface area contributed by atoms with Gasteiger partial charge in [0.15, 0.2) is 0 Å². The van der Waals surface area contributed by atoms with Gasteiger partial charge in [0, 0.05) is 16.1 Å². The fourth-order valence-corrected chi connectivity index (χ4v) is 3.46. The first-order valence-electron chi connectivity index (χ1n) is 8.90. The Kier molecular flexibility index (Phi) is 5.51. The molecular formula is C21H20ClN3O3. The van der Waals surface area contributed by atoms with E-state index >= 15 is 0 Å². The van der Waals surface area contributed by atoms with Gasteiger partial charge in [0.2, 0.25) is 0 Å². The van der Waals surface area contributed by atoms with Crippen molar-refractivity contribution in [3.63, 3.8) is 0 Å². The van der Waals surface area contributed by atoms with E-state index in [-0.39, 0.29) is 17.0 Å². The van der Waals surface area contributed by atoms with E-state index in [0.29, 0.717) is 34.5 Å². The lowest BCUT2D eigenvalue weighted by atomic mass is 10.0. The Morgan fingerprint density at radius 1 is 1.14 bits per heavy atom. The van der Waals surface area contributed by atoms with E-state index in [1.165, 1.54) is 18.2 Å². The van der Waals surface area contributed by atoms with Crippen LogP contribution in [0.25, 0.3) is 10.9 Å². The lowest BCUT2D eigenvalue weighted by molar-refractivity contribution is 0.0974. The summed E-state index contributed by atoms with van der Waals surface area (Å²) in [5, 5.41) is 13.6.